The minimum atomic E-state index is -3.75. The first kappa shape index (κ1) is 23.7. The number of ether oxygens (including phenoxy) is 2. The van der Waals surface area contributed by atoms with E-state index in [0.29, 0.717) is 49.1 Å². The lowest BCUT2D eigenvalue weighted by atomic mass is 9.98. The highest BCUT2D eigenvalue weighted by Crippen LogP contribution is 2.34. The molecule has 2 aromatic carbocycles. The quantitative estimate of drug-likeness (QED) is 0.540. The lowest BCUT2D eigenvalue weighted by Crippen LogP contribution is -2.38. The molecule has 0 bridgehead atoms. The fraction of sp³-hybridized carbons (Fsp3) is 0.348. The molecule has 0 radical (unpaired) electrons. The van der Waals surface area contributed by atoms with Gasteiger partial charge in [0.05, 0.1) is 24.8 Å². The molecule has 180 valence electrons. The van der Waals surface area contributed by atoms with Gasteiger partial charge in [-0.05, 0) is 55.3 Å². The van der Waals surface area contributed by atoms with E-state index in [9.17, 15) is 13.2 Å². The second-order valence-electron chi connectivity index (χ2n) is 7.90. The van der Waals surface area contributed by atoms with E-state index in [1.54, 1.807) is 7.11 Å². The van der Waals surface area contributed by atoms with Crippen molar-refractivity contribution in [1.82, 2.24) is 14.5 Å². The minimum absolute atomic E-state index is 0.0308. The maximum atomic E-state index is 13.2. The number of rotatable bonds is 7. The molecule has 11 heteroatoms. The number of sulfonamides is 1. The van der Waals surface area contributed by atoms with Crippen LogP contribution in [0.5, 0.6) is 11.5 Å². The molecule has 1 saturated heterocycles. The van der Waals surface area contributed by atoms with Crippen LogP contribution in [-0.2, 0) is 14.8 Å². The zero-order chi connectivity index (χ0) is 24.3. The number of nitrogens with zero attached hydrogens (tertiary/aromatic N) is 3. The fourth-order valence-electron chi connectivity index (χ4n) is 3.88. The normalized spacial score (nSPS) is 15.1. The SMILES string of the molecule is COc1ccc(-c2nnc(C3CCN(S(=O)(=O)c4ccc(OC)c(NC(C)=O)c4)CC3)o2)cc1. The summed E-state index contributed by atoms with van der Waals surface area (Å²) in [5.74, 6) is 1.69. The Kier molecular flexibility index (Phi) is 6.85. The van der Waals surface area contributed by atoms with E-state index in [-0.39, 0.29) is 16.7 Å². The first-order chi connectivity index (χ1) is 16.3. The number of anilines is 1. The molecule has 1 aliphatic heterocycles. The Hall–Kier alpha value is -3.44. The van der Waals surface area contributed by atoms with Gasteiger partial charge in [0.1, 0.15) is 11.5 Å². The van der Waals surface area contributed by atoms with E-state index in [1.165, 1.54) is 36.5 Å². The van der Waals surface area contributed by atoms with Crippen molar-refractivity contribution in [1.29, 1.82) is 0 Å². The number of carbonyl (C=O) groups is 1. The van der Waals surface area contributed by atoms with E-state index >= 15 is 0 Å². The summed E-state index contributed by atoms with van der Waals surface area (Å²) in [7, 11) is -0.692. The number of benzene rings is 2. The van der Waals surface area contributed by atoms with Crippen molar-refractivity contribution in [2.75, 3.05) is 32.6 Å². The van der Waals surface area contributed by atoms with Gasteiger partial charge in [-0.15, -0.1) is 10.2 Å². The van der Waals surface area contributed by atoms with Crippen LogP contribution in [0.1, 0.15) is 31.6 Å². The third-order valence-corrected chi connectivity index (χ3v) is 7.59. The van der Waals surface area contributed by atoms with Crippen LogP contribution in [-0.4, -0.2) is 56.1 Å². The zero-order valence-electron chi connectivity index (χ0n) is 19.1. The molecule has 1 aromatic heterocycles. The van der Waals surface area contributed by atoms with E-state index in [0.717, 1.165) is 11.3 Å². The second-order valence-corrected chi connectivity index (χ2v) is 9.83. The number of piperidine rings is 1. The second kappa shape index (κ2) is 9.82. The van der Waals surface area contributed by atoms with Crippen molar-refractivity contribution < 1.29 is 27.1 Å². The third-order valence-electron chi connectivity index (χ3n) is 5.70. The summed E-state index contributed by atoms with van der Waals surface area (Å²) in [6, 6.07) is 11.7. The monoisotopic (exact) mass is 486 g/mol. The molecule has 1 amide bonds. The van der Waals surface area contributed by atoms with Gasteiger partial charge < -0.3 is 19.2 Å². The molecule has 1 aliphatic rings. The van der Waals surface area contributed by atoms with Crippen LogP contribution < -0.4 is 14.8 Å². The molecule has 0 aliphatic carbocycles. The van der Waals surface area contributed by atoms with Gasteiger partial charge in [-0.3, -0.25) is 4.79 Å². The molecule has 10 nitrogen and oxygen atoms in total. The first-order valence-corrected chi connectivity index (χ1v) is 12.2. The summed E-state index contributed by atoms with van der Waals surface area (Å²) in [4.78, 5) is 11.6. The Labute approximate surface area is 197 Å². The number of methoxy groups -OCH3 is 2. The highest BCUT2D eigenvalue weighted by atomic mass is 32.2. The summed E-state index contributed by atoms with van der Waals surface area (Å²) in [5.41, 5.74) is 1.09. The fourth-order valence-corrected chi connectivity index (χ4v) is 5.37. The number of carbonyl (C=O) groups excluding carboxylic acids is 1. The van der Waals surface area contributed by atoms with Crippen LogP contribution in [0.2, 0.25) is 0 Å². The van der Waals surface area contributed by atoms with Gasteiger partial charge in [-0.1, -0.05) is 0 Å². The molecule has 0 spiro atoms. The Bertz CT molecular complexity index is 1260. The molecular formula is C23H26N4O6S. The van der Waals surface area contributed by atoms with Crippen LogP contribution in [0.25, 0.3) is 11.5 Å². The van der Waals surface area contributed by atoms with Crippen LogP contribution in [0.15, 0.2) is 51.8 Å². The molecule has 0 atom stereocenters. The summed E-state index contributed by atoms with van der Waals surface area (Å²) in [6.07, 6.45) is 1.11. The van der Waals surface area contributed by atoms with Crippen molar-refractivity contribution >= 4 is 21.6 Å². The number of hydrogen-bond acceptors (Lipinski definition) is 8. The molecule has 1 fully saturated rings. The lowest BCUT2D eigenvalue weighted by molar-refractivity contribution is -0.114. The highest BCUT2D eigenvalue weighted by molar-refractivity contribution is 7.89. The maximum Gasteiger partial charge on any atom is 0.247 e. The number of hydrogen-bond donors (Lipinski definition) is 1. The molecule has 34 heavy (non-hydrogen) atoms. The van der Waals surface area contributed by atoms with E-state index in [4.69, 9.17) is 13.9 Å². The van der Waals surface area contributed by atoms with Crippen molar-refractivity contribution in [3.63, 3.8) is 0 Å². The molecule has 0 unspecified atom stereocenters. The summed E-state index contributed by atoms with van der Waals surface area (Å²) in [5, 5.41) is 10.9. The smallest absolute Gasteiger partial charge is 0.247 e. The number of aromatic nitrogens is 2. The summed E-state index contributed by atoms with van der Waals surface area (Å²) < 4.78 is 44.1. The third kappa shape index (κ3) is 4.90. The Morgan fingerprint density at radius 1 is 1.06 bits per heavy atom. The average molecular weight is 487 g/mol. The maximum absolute atomic E-state index is 13.2. The van der Waals surface area contributed by atoms with Gasteiger partial charge in [0.2, 0.25) is 27.7 Å². The Balaban J connectivity index is 1.45. The van der Waals surface area contributed by atoms with Gasteiger partial charge in [0, 0.05) is 31.5 Å². The van der Waals surface area contributed by atoms with Gasteiger partial charge in [-0.25, -0.2) is 8.42 Å². The van der Waals surface area contributed by atoms with Gasteiger partial charge >= 0.3 is 0 Å². The lowest BCUT2D eigenvalue weighted by Gasteiger charge is -2.29. The van der Waals surface area contributed by atoms with Crippen LogP contribution >= 0.6 is 0 Å². The van der Waals surface area contributed by atoms with E-state index in [2.05, 4.69) is 15.5 Å². The molecule has 4 rings (SSSR count). The van der Waals surface area contributed by atoms with Crippen molar-refractivity contribution in [2.24, 2.45) is 0 Å². The first-order valence-electron chi connectivity index (χ1n) is 10.8. The molecular weight excluding hydrogens is 460 g/mol. The van der Waals surface area contributed by atoms with Gasteiger partial charge in [-0.2, -0.15) is 4.31 Å². The number of nitrogens with one attached hydrogen (secondary N) is 1. The molecule has 0 saturated carbocycles. The molecule has 3 aromatic rings. The van der Waals surface area contributed by atoms with Crippen molar-refractivity contribution in [3.8, 4) is 23.0 Å². The highest BCUT2D eigenvalue weighted by Gasteiger charge is 2.32. The zero-order valence-corrected chi connectivity index (χ0v) is 20.0. The van der Waals surface area contributed by atoms with Gasteiger partial charge in [0.15, 0.2) is 0 Å². The largest absolute Gasteiger partial charge is 0.497 e. The van der Waals surface area contributed by atoms with Crippen molar-refractivity contribution in [2.45, 2.75) is 30.6 Å². The average Bonchev–Trinajstić information content (AvgIpc) is 3.34. The van der Waals surface area contributed by atoms with E-state index in [1.807, 2.05) is 24.3 Å². The minimum Gasteiger partial charge on any atom is -0.497 e. The summed E-state index contributed by atoms with van der Waals surface area (Å²) >= 11 is 0. The van der Waals surface area contributed by atoms with Crippen molar-refractivity contribution in [3.05, 3.63) is 48.4 Å². The van der Waals surface area contributed by atoms with Crippen LogP contribution in [0, 0.1) is 0 Å². The Morgan fingerprint density at radius 2 is 1.76 bits per heavy atom. The standard InChI is InChI=1S/C23H26N4O6S/c1-15(28)24-20-14-19(8-9-21(20)32-3)34(29,30)27-12-10-17(11-13-27)23-26-25-22(33-23)16-4-6-18(31-2)7-5-16/h4-9,14,17H,10-13H2,1-3H3,(H,24,28). The molecule has 2 heterocycles. The Morgan fingerprint density at radius 3 is 2.38 bits per heavy atom. The van der Waals surface area contributed by atoms with E-state index < -0.39 is 10.0 Å². The molecule has 1 N–H and O–H groups in total. The summed E-state index contributed by atoms with van der Waals surface area (Å²) in [6.45, 7) is 1.98. The van der Waals surface area contributed by atoms with Gasteiger partial charge in [0.25, 0.3) is 0 Å². The predicted molar refractivity (Wildman–Crippen MR) is 124 cm³/mol. The number of amides is 1. The van der Waals surface area contributed by atoms with Crippen LogP contribution in [0.3, 0.4) is 0 Å². The topological polar surface area (TPSA) is 124 Å². The van der Waals surface area contributed by atoms with Crippen LogP contribution in [0.4, 0.5) is 5.69 Å². The predicted octanol–water partition coefficient (Wildman–Crippen LogP) is 3.28.